The van der Waals surface area contributed by atoms with Gasteiger partial charge in [0.15, 0.2) is 0 Å². The van der Waals surface area contributed by atoms with E-state index >= 15 is 0 Å². The molecule has 0 aliphatic heterocycles. The van der Waals surface area contributed by atoms with Crippen LogP contribution in [-0.2, 0) is 6.42 Å². The quantitative estimate of drug-likeness (QED) is 0.478. The molecule has 0 radical (unpaired) electrons. The van der Waals surface area contributed by atoms with E-state index in [2.05, 4.69) is 22.4 Å². The minimum absolute atomic E-state index is 0.0550. The third-order valence-electron chi connectivity index (χ3n) is 3.19. The molecule has 0 fully saturated rings. The number of aromatic nitrogens is 2. The first-order valence-electron chi connectivity index (χ1n) is 6.91. The molecular formula is C14H18N4O3. The van der Waals surface area contributed by atoms with Crippen LogP contribution in [0, 0.1) is 17.0 Å². The molecular weight excluding hydrogens is 272 g/mol. The maximum Gasteiger partial charge on any atom is 0.273 e. The molecule has 0 bridgehead atoms. The van der Waals surface area contributed by atoms with Gasteiger partial charge in [-0.3, -0.25) is 10.1 Å². The largest absolute Gasteiger partial charge is 0.421 e. The Morgan fingerprint density at radius 1 is 1.38 bits per heavy atom. The lowest BCUT2D eigenvalue weighted by molar-refractivity contribution is -0.385. The second kappa shape index (κ2) is 6.94. The van der Waals surface area contributed by atoms with Gasteiger partial charge in [0.05, 0.1) is 4.92 Å². The molecule has 0 unspecified atom stereocenters. The van der Waals surface area contributed by atoms with Gasteiger partial charge in [-0.2, -0.15) is 0 Å². The molecule has 1 aromatic carbocycles. The van der Waals surface area contributed by atoms with Crippen molar-refractivity contribution in [3.8, 4) is 11.5 Å². The van der Waals surface area contributed by atoms with E-state index in [1.807, 2.05) is 0 Å². The molecule has 0 amide bonds. The molecule has 0 aliphatic carbocycles. The van der Waals surface area contributed by atoms with Gasteiger partial charge in [0, 0.05) is 23.6 Å². The van der Waals surface area contributed by atoms with Gasteiger partial charge >= 0.3 is 0 Å². The van der Waals surface area contributed by atoms with Crippen molar-refractivity contribution in [2.24, 2.45) is 0 Å². The van der Waals surface area contributed by atoms with E-state index < -0.39 is 4.92 Å². The van der Waals surface area contributed by atoms with Crippen LogP contribution in [0.5, 0.6) is 0 Å². The summed E-state index contributed by atoms with van der Waals surface area (Å²) in [7, 11) is 0. The Hall–Kier alpha value is -2.28. The van der Waals surface area contributed by atoms with Crippen LogP contribution in [0.1, 0.15) is 24.8 Å². The summed E-state index contributed by atoms with van der Waals surface area (Å²) < 4.78 is 5.59. The van der Waals surface area contributed by atoms with E-state index in [4.69, 9.17) is 4.42 Å². The van der Waals surface area contributed by atoms with Crippen LogP contribution >= 0.6 is 0 Å². The first kappa shape index (κ1) is 15.1. The lowest BCUT2D eigenvalue weighted by atomic mass is 10.1. The van der Waals surface area contributed by atoms with Crippen LogP contribution in [0.25, 0.3) is 11.5 Å². The van der Waals surface area contributed by atoms with Crippen molar-refractivity contribution in [2.75, 3.05) is 13.1 Å². The molecule has 1 aromatic heterocycles. The maximum atomic E-state index is 10.9. The number of rotatable bonds is 7. The molecule has 0 aliphatic rings. The number of nitrogens with one attached hydrogen (secondary N) is 1. The molecule has 7 nitrogen and oxygen atoms in total. The summed E-state index contributed by atoms with van der Waals surface area (Å²) in [4.78, 5) is 10.5. The first-order chi connectivity index (χ1) is 10.1. The Morgan fingerprint density at radius 2 is 2.19 bits per heavy atom. The molecule has 0 saturated carbocycles. The Bertz CT molecular complexity index is 624. The van der Waals surface area contributed by atoms with Crippen molar-refractivity contribution < 1.29 is 9.34 Å². The molecule has 21 heavy (non-hydrogen) atoms. The Balaban J connectivity index is 2.14. The van der Waals surface area contributed by atoms with E-state index in [1.165, 1.54) is 6.07 Å². The lowest BCUT2D eigenvalue weighted by Crippen LogP contribution is -2.14. The lowest BCUT2D eigenvalue weighted by Gasteiger charge is -2.01. The molecule has 0 atom stereocenters. The fourth-order valence-corrected chi connectivity index (χ4v) is 2.06. The predicted octanol–water partition coefficient (Wildman–Crippen LogP) is 2.50. The van der Waals surface area contributed by atoms with Crippen molar-refractivity contribution in [1.29, 1.82) is 0 Å². The Labute approximate surface area is 122 Å². The monoisotopic (exact) mass is 290 g/mol. The molecule has 0 saturated heterocycles. The van der Waals surface area contributed by atoms with Crippen LogP contribution in [0.2, 0.25) is 0 Å². The summed E-state index contributed by atoms with van der Waals surface area (Å²) in [5.41, 5.74) is 1.19. The summed E-state index contributed by atoms with van der Waals surface area (Å²) in [6.07, 6.45) is 1.59. The van der Waals surface area contributed by atoms with Gasteiger partial charge in [0.25, 0.3) is 5.69 Å². The van der Waals surface area contributed by atoms with Gasteiger partial charge in [0.1, 0.15) is 0 Å². The summed E-state index contributed by atoms with van der Waals surface area (Å²) in [6.45, 7) is 5.56. The highest BCUT2D eigenvalue weighted by atomic mass is 16.6. The predicted molar refractivity (Wildman–Crippen MR) is 78.0 cm³/mol. The highest BCUT2D eigenvalue weighted by Gasteiger charge is 2.18. The third kappa shape index (κ3) is 3.63. The Morgan fingerprint density at radius 3 is 2.90 bits per heavy atom. The molecule has 112 valence electrons. The summed E-state index contributed by atoms with van der Waals surface area (Å²) >= 11 is 0. The fraction of sp³-hybridized carbons (Fsp3) is 0.429. The number of aryl methyl sites for hydroxylation is 1. The average Bonchev–Trinajstić information content (AvgIpc) is 2.92. The van der Waals surface area contributed by atoms with Crippen molar-refractivity contribution in [1.82, 2.24) is 15.5 Å². The molecule has 2 aromatic rings. The van der Waals surface area contributed by atoms with Gasteiger partial charge < -0.3 is 9.73 Å². The third-order valence-corrected chi connectivity index (χ3v) is 3.19. The van der Waals surface area contributed by atoms with Gasteiger partial charge in [-0.1, -0.05) is 13.0 Å². The fourth-order valence-electron chi connectivity index (χ4n) is 2.06. The van der Waals surface area contributed by atoms with Crippen LogP contribution in [0.15, 0.2) is 22.6 Å². The van der Waals surface area contributed by atoms with Crippen LogP contribution in [-0.4, -0.2) is 28.2 Å². The van der Waals surface area contributed by atoms with E-state index in [9.17, 15) is 10.1 Å². The van der Waals surface area contributed by atoms with Crippen LogP contribution in [0.4, 0.5) is 5.69 Å². The summed E-state index contributed by atoms with van der Waals surface area (Å²) in [5, 5.41) is 22.1. The number of nitrogens with zero attached hydrogens (tertiary/aromatic N) is 3. The van der Waals surface area contributed by atoms with Gasteiger partial charge in [-0.25, -0.2) is 0 Å². The van der Waals surface area contributed by atoms with E-state index in [1.54, 1.807) is 19.1 Å². The van der Waals surface area contributed by atoms with Crippen molar-refractivity contribution >= 4 is 5.69 Å². The second-order valence-electron chi connectivity index (χ2n) is 4.66. The zero-order chi connectivity index (χ0) is 15.2. The summed E-state index contributed by atoms with van der Waals surface area (Å²) in [6, 6.07) is 4.83. The highest BCUT2D eigenvalue weighted by molar-refractivity contribution is 5.64. The minimum Gasteiger partial charge on any atom is -0.421 e. The van der Waals surface area contributed by atoms with Crippen molar-refractivity contribution in [3.63, 3.8) is 0 Å². The van der Waals surface area contributed by atoms with Crippen molar-refractivity contribution in [2.45, 2.75) is 26.7 Å². The van der Waals surface area contributed by atoms with Gasteiger partial charge in [0.2, 0.25) is 11.8 Å². The second-order valence-corrected chi connectivity index (χ2v) is 4.66. The number of hydrogen-bond acceptors (Lipinski definition) is 6. The number of benzene rings is 1. The van der Waals surface area contributed by atoms with Gasteiger partial charge in [-0.15, -0.1) is 10.2 Å². The number of nitro benzene ring substituents is 1. The standard InChI is InChI=1S/C14H18N4O3/c1-3-15-9-5-8-13-16-17-14(21-13)11-6-4-7-12(10(11)2)18(19)20/h4,6-7,15H,3,5,8-9H2,1-2H3. The van der Waals surface area contributed by atoms with E-state index in [-0.39, 0.29) is 5.69 Å². The number of nitro groups is 1. The van der Waals surface area contributed by atoms with E-state index in [0.29, 0.717) is 29.3 Å². The topological polar surface area (TPSA) is 94.1 Å². The normalized spacial score (nSPS) is 10.8. The first-order valence-corrected chi connectivity index (χ1v) is 6.91. The SMILES string of the molecule is CCNCCCc1nnc(-c2cccc([N+](=O)[O-])c2C)o1. The highest BCUT2D eigenvalue weighted by Crippen LogP contribution is 2.28. The van der Waals surface area contributed by atoms with Crippen LogP contribution in [0.3, 0.4) is 0 Å². The zero-order valence-electron chi connectivity index (χ0n) is 12.1. The van der Waals surface area contributed by atoms with E-state index in [0.717, 1.165) is 19.5 Å². The minimum atomic E-state index is -0.410. The Kier molecular flexibility index (Phi) is 4.99. The molecule has 1 heterocycles. The maximum absolute atomic E-state index is 10.9. The summed E-state index contributed by atoms with van der Waals surface area (Å²) in [5.74, 6) is 0.878. The zero-order valence-corrected chi connectivity index (χ0v) is 12.1. The average molecular weight is 290 g/mol. The molecule has 2 rings (SSSR count). The molecule has 0 spiro atoms. The molecule has 7 heteroatoms. The molecule has 1 N–H and O–H groups in total. The van der Waals surface area contributed by atoms with Crippen LogP contribution < -0.4 is 5.32 Å². The number of hydrogen-bond donors (Lipinski definition) is 1. The smallest absolute Gasteiger partial charge is 0.273 e. The van der Waals surface area contributed by atoms with Crippen molar-refractivity contribution in [3.05, 3.63) is 39.8 Å². The van der Waals surface area contributed by atoms with Gasteiger partial charge in [-0.05, 0) is 32.5 Å².